The summed E-state index contributed by atoms with van der Waals surface area (Å²) in [6.45, 7) is 0. The molecule has 2 aromatic rings. The molecule has 0 aliphatic carbocycles. The Hall–Kier alpha value is -1.86. The predicted octanol–water partition coefficient (Wildman–Crippen LogP) is 4.56. The zero-order valence-electron chi connectivity index (χ0n) is 10.8. The van der Waals surface area contributed by atoms with Gasteiger partial charge < -0.3 is 10.5 Å². The lowest BCUT2D eigenvalue weighted by atomic mass is 9.99. The Labute approximate surface area is 127 Å². The molecule has 2 aromatic carbocycles. The quantitative estimate of drug-likeness (QED) is 0.658. The van der Waals surface area contributed by atoms with E-state index < -0.39 is 34.8 Å². The Kier molecular flexibility index (Phi) is 4.58. The number of hydrogen-bond acceptors (Lipinski definition) is 2. The summed E-state index contributed by atoms with van der Waals surface area (Å²) in [5.74, 6) is -2.10. The van der Waals surface area contributed by atoms with E-state index in [1.54, 1.807) is 0 Å². The van der Waals surface area contributed by atoms with Gasteiger partial charge in [0.05, 0.1) is 11.1 Å². The first-order valence-corrected chi connectivity index (χ1v) is 6.31. The third-order valence-electron chi connectivity index (χ3n) is 2.86. The SMILES string of the molecule is N[C@@H](c1ccc(OC(F)(F)F)cc1)c1c(F)ccc(F)c1Cl. The second-order valence-corrected chi connectivity index (χ2v) is 4.73. The highest BCUT2D eigenvalue weighted by Gasteiger charge is 2.31. The fourth-order valence-corrected chi connectivity index (χ4v) is 2.14. The zero-order valence-corrected chi connectivity index (χ0v) is 11.6. The second-order valence-electron chi connectivity index (χ2n) is 4.35. The van der Waals surface area contributed by atoms with Crippen LogP contribution in [-0.4, -0.2) is 6.36 Å². The summed E-state index contributed by atoms with van der Waals surface area (Å²) in [6, 6.07) is 5.06. The Morgan fingerprint density at radius 3 is 2.05 bits per heavy atom. The van der Waals surface area contributed by atoms with Crippen molar-refractivity contribution in [3.8, 4) is 5.75 Å². The van der Waals surface area contributed by atoms with Gasteiger partial charge in [-0.05, 0) is 29.8 Å². The van der Waals surface area contributed by atoms with Crippen molar-refractivity contribution in [1.29, 1.82) is 0 Å². The number of nitrogens with two attached hydrogens (primary N) is 1. The lowest BCUT2D eigenvalue weighted by molar-refractivity contribution is -0.274. The van der Waals surface area contributed by atoms with Gasteiger partial charge in [0.25, 0.3) is 0 Å². The fraction of sp³-hybridized carbons (Fsp3) is 0.143. The molecule has 0 fully saturated rings. The molecular formula is C14H9ClF5NO. The molecule has 1 atom stereocenters. The van der Waals surface area contributed by atoms with Crippen molar-refractivity contribution in [1.82, 2.24) is 0 Å². The zero-order chi connectivity index (χ0) is 16.5. The van der Waals surface area contributed by atoms with Crippen molar-refractivity contribution < 1.29 is 26.7 Å². The van der Waals surface area contributed by atoms with Crippen LogP contribution in [0, 0.1) is 11.6 Å². The molecule has 0 bridgehead atoms. The minimum Gasteiger partial charge on any atom is -0.406 e. The van der Waals surface area contributed by atoms with Crippen molar-refractivity contribution in [2.24, 2.45) is 5.73 Å². The predicted molar refractivity (Wildman–Crippen MR) is 70.5 cm³/mol. The smallest absolute Gasteiger partial charge is 0.406 e. The Morgan fingerprint density at radius 2 is 1.50 bits per heavy atom. The van der Waals surface area contributed by atoms with E-state index in [4.69, 9.17) is 17.3 Å². The molecule has 0 saturated heterocycles. The van der Waals surface area contributed by atoms with Crippen molar-refractivity contribution >= 4 is 11.6 Å². The summed E-state index contributed by atoms with van der Waals surface area (Å²) in [6.07, 6.45) is -4.82. The van der Waals surface area contributed by atoms with E-state index in [-0.39, 0.29) is 11.1 Å². The van der Waals surface area contributed by atoms with Crippen LogP contribution in [0.15, 0.2) is 36.4 Å². The van der Waals surface area contributed by atoms with Crippen LogP contribution < -0.4 is 10.5 Å². The third-order valence-corrected chi connectivity index (χ3v) is 3.25. The van der Waals surface area contributed by atoms with Crippen LogP contribution in [0.4, 0.5) is 22.0 Å². The molecule has 0 heterocycles. The number of alkyl halides is 3. The van der Waals surface area contributed by atoms with E-state index in [0.717, 1.165) is 24.3 Å². The molecule has 2 N–H and O–H groups in total. The normalized spacial score (nSPS) is 13.0. The van der Waals surface area contributed by atoms with Gasteiger partial charge in [-0.1, -0.05) is 23.7 Å². The standard InChI is InChI=1S/C14H9ClF5NO/c15-12-10(17)6-5-9(16)11(12)13(21)7-1-3-8(4-2-7)22-14(18,19)20/h1-6,13H,21H2/t13-/m0/s1. The molecule has 2 rings (SSSR count). The highest BCUT2D eigenvalue weighted by Crippen LogP contribution is 2.32. The topological polar surface area (TPSA) is 35.2 Å². The molecule has 22 heavy (non-hydrogen) atoms. The molecule has 2 nitrogen and oxygen atoms in total. The average molecular weight is 338 g/mol. The van der Waals surface area contributed by atoms with Crippen LogP contribution in [0.5, 0.6) is 5.75 Å². The molecule has 0 spiro atoms. The first kappa shape index (κ1) is 16.5. The lowest BCUT2D eigenvalue weighted by Gasteiger charge is -2.16. The maximum Gasteiger partial charge on any atom is 0.573 e. The second kappa shape index (κ2) is 6.10. The number of halogens is 6. The van der Waals surface area contributed by atoms with Crippen molar-refractivity contribution in [2.45, 2.75) is 12.4 Å². The summed E-state index contributed by atoms with van der Waals surface area (Å²) in [5, 5.41) is -0.469. The van der Waals surface area contributed by atoms with Crippen LogP contribution in [0.1, 0.15) is 17.2 Å². The summed E-state index contributed by atoms with van der Waals surface area (Å²) >= 11 is 5.69. The molecule has 118 valence electrons. The fourth-order valence-electron chi connectivity index (χ4n) is 1.87. The van der Waals surface area contributed by atoms with Gasteiger partial charge in [-0.3, -0.25) is 0 Å². The summed E-state index contributed by atoms with van der Waals surface area (Å²) in [5.41, 5.74) is 5.79. The van der Waals surface area contributed by atoms with Crippen LogP contribution in [0.2, 0.25) is 5.02 Å². The van der Waals surface area contributed by atoms with E-state index >= 15 is 0 Å². The molecule has 0 radical (unpaired) electrons. The number of ether oxygens (including phenoxy) is 1. The summed E-state index contributed by atoms with van der Waals surface area (Å²) in [7, 11) is 0. The van der Waals surface area contributed by atoms with E-state index in [0.29, 0.717) is 0 Å². The average Bonchev–Trinajstić information content (AvgIpc) is 2.42. The molecule has 0 aliphatic rings. The van der Waals surface area contributed by atoms with Gasteiger partial charge in [0.2, 0.25) is 0 Å². The number of rotatable bonds is 3. The van der Waals surface area contributed by atoms with Gasteiger partial charge in [-0.15, -0.1) is 13.2 Å². The molecule has 0 saturated carbocycles. The van der Waals surface area contributed by atoms with Crippen molar-refractivity contribution in [2.75, 3.05) is 0 Å². The van der Waals surface area contributed by atoms with Crippen LogP contribution >= 0.6 is 11.6 Å². The minimum atomic E-state index is -4.82. The van der Waals surface area contributed by atoms with Gasteiger partial charge in [0, 0.05) is 5.56 Å². The van der Waals surface area contributed by atoms with E-state index in [2.05, 4.69) is 4.74 Å². The van der Waals surface area contributed by atoms with Crippen molar-refractivity contribution in [3.63, 3.8) is 0 Å². The monoisotopic (exact) mass is 337 g/mol. The first-order valence-electron chi connectivity index (χ1n) is 5.93. The van der Waals surface area contributed by atoms with Crippen LogP contribution in [0.3, 0.4) is 0 Å². The molecule has 8 heteroatoms. The van der Waals surface area contributed by atoms with Gasteiger partial charge in [0.15, 0.2) is 0 Å². The van der Waals surface area contributed by atoms with E-state index in [1.807, 2.05) is 0 Å². The largest absolute Gasteiger partial charge is 0.573 e. The minimum absolute atomic E-state index is 0.251. The first-order chi connectivity index (χ1) is 10.2. The highest BCUT2D eigenvalue weighted by molar-refractivity contribution is 6.31. The van der Waals surface area contributed by atoms with Crippen LogP contribution in [0.25, 0.3) is 0 Å². The number of benzene rings is 2. The maximum atomic E-state index is 13.8. The van der Waals surface area contributed by atoms with E-state index in [1.165, 1.54) is 12.1 Å². The van der Waals surface area contributed by atoms with Crippen LogP contribution in [-0.2, 0) is 0 Å². The molecule has 0 unspecified atom stereocenters. The third kappa shape index (κ3) is 3.66. The van der Waals surface area contributed by atoms with Gasteiger partial charge in [-0.25, -0.2) is 8.78 Å². The molecular weight excluding hydrogens is 329 g/mol. The molecule has 0 aliphatic heterocycles. The number of hydrogen-bond donors (Lipinski definition) is 1. The Bertz CT molecular complexity index is 672. The maximum absolute atomic E-state index is 13.8. The Balaban J connectivity index is 2.31. The summed E-state index contributed by atoms with van der Waals surface area (Å²) in [4.78, 5) is 0. The van der Waals surface area contributed by atoms with Gasteiger partial charge >= 0.3 is 6.36 Å². The molecule has 0 amide bonds. The lowest BCUT2D eigenvalue weighted by Crippen LogP contribution is -2.18. The van der Waals surface area contributed by atoms with E-state index in [9.17, 15) is 22.0 Å². The highest BCUT2D eigenvalue weighted by atomic mass is 35.5. The van der Waals surface area contributed by atoms with Gasteiger partial charge in [-0.2, -0.15) is 0 Å². The molecule has 0 aromatic heterocycles. The summed E-state index contributed by atoms with van der Waals surface area (Å²) < 4.78 is 67.0. The Morgan fingerprint density at radius 1 is 0.955 bits per heavy atom. The van der Waals surface area contributed by atoms with Crippen molar-refractivity contribution in [3.05, 3.63) is 64.2 Å². The van der Waals surface area contributed by atoms with Gasteiger partial charge in [0.1, 0.15) is 17.4 Å².